The largest absolute Gasteiger partial charge is 0.493 e. The van der Waals surface area contributed by atoms with Gasteiger partial charge in [0.15, 0.2) is 23.9 Å². The number of methoxy groups -OCH3 is 1. The molecule has 0 aliphatic heterocycles. The predicted molar refractivity (Wildman–Crippen MR) is 94.0 cm³/mol. The molecule has 0 radical (unpaired) electrons. The van der Waals surface area contributed by atoms with E-state index >= 15 is 0 Å². The molecule has 0 bridgehead atoms. The molecule has 0 atom stereocenters. The van der Waals surface area contributed by atoms with Crippen LogP contribution >= 0.6 is 15.9 Å². The maximum Gasteiger partial charge on any atom is 0.338 e. The van der Waals surface area contributed by atoms with Gasteiger partial charge >= 0.3 is 5.97 Å². The lowest BCUT2D eigenvalue weighted by atomic mass is 10.2. The summed E-state index contributed by atoms with van der Waals surface area (Å²) in [5.41, 5.74) is 0.330. The standard InChI is InChI=1S/C17H21BrN2O5/c1-5-6-23-15-12(18)7-11(8-13(15)22-4)17(21)24-9-14-19-16(10(2)3)20-25-14/h7-8,10H,5-6,9H2,1-4H3. The van der Waals surface area contributed by atoms with Crippen LogP contribution in [-0.4, -0.2) is 29.8 Å². The molecule has 1 aromatic heterocycles. The molecule has 2 rings (SSSR count). The molecule has 0 fully saturated rings. The lowest BCUT2D eigenvalue weighted by Gasteiger charge is -2.13. The van der Waals surface area contributed by atoms with Crippen molar-refractivity contribution < 1.29 is 23.5 Å². The molecule has 0 saturated heterocycles. The van der Waals surface area contributed by atoms with E-state index in [1.54, 1.807) is 12.1 Å². The second-order valence-electron chi connectivity index (χ2n) is 5.62. The highest BCUT2D eigenvalue weighted by atomic mass is 79.9. The first-order valence-corrected chi connectivity index (χ1v) is 8.75. The fourth-order valence-electron chi connectivity index (χ4n) is 1.95. The third-order valence-electron chi connectivity index (χ3n) is 3.24. The SMILES string of the molecule is CCCOc1c(Br)cc(C(=O)OCc2nc(C(C)C)no2)cc1OC. The maximum absolute atomic E-state index is 12.3. The Hall–Kier alpha value is -2.09. The molecule has 0 aliphatic carbocycles. The predicted octanol–water partition coefficient (Wildman–Crippen LogP) is 4.11. The van der Waals surface area contributed by atoms with Crippen molar-refractivity contribution in [1.82, 2.24) is 10.1 Å². The second-order valence-corrected chi connectivity index (χ2v) is 6.47. The Labute approximate surface area is 154 Å². The number of benzene rings is 1. The molecular formula is C17H21BrN2O5. The number of hydrogen-bond acceptors (Lipinski definition) is 7. The average molecular weight is 413 g/mol. The molecule has 0 spiro atoms. The van der Waals surface area contributed by atoms with Crippen LogP contribution in [0.1, 0.15) is 55.2 Å². The van der Waals surface area contributed by atoms with Gasteiger partial charge in [0.1, 0.15) is 0 Å². The quantitative estimate of drug-likeness (QED) is 0.603. The monoisotopic (exact) mass is 412 g/mol. The van der Waals surface area contributed by atoms with Gasteiger partial charge in [0.05, 0.1) is 23.8 Å². The number of carbonyl (C=O) groups excluding carboxylic acids is 1. The number of rotatable bonds is 8. The first kappa shape index (κ1) is 19.2. The molecule has 0 unspecified atom stereocenters. The molecule has 8 heteroatoms. The lowest BCUT2D eigenvalue weighted by molar-refractivity contribution is 0.0429. The van der Waals surface area contributed by atoms with Gasteiger partial charge in [-0.15, -0.1) is 0 Å². The molecule has 0 saturated carbocycles. The van der Waals surface area contributed by atoms with E-state index in [2.05, 4.69) is 26.1 Å². The molecule has 0 N–H and O–H groups in total. The normalized spacial score (nSPS) is 10.8. The molecule has 0 aliphatic rings. The van der Waals surface area contributed by atoms with Gasteiger partial charge in [-0.1, -0.05) is 25.9 Å². The van der Waals surface area contributed by atoms with Gasteiger partial charge in [0.2, 0.25) is 0 Å². The van der Waals surface area contributed by atoms with Crippen molar-refractivity contribution in [2.75, 3.05) is 13.7 Å². The Morgan fingerprint density at radius 2 is 2.12 bits per heavy atom. The van der Waals surface area contributed by atoms with Gasteiger partial charge in [-0.2, -0.15) is 4.98 Å². The van der Waals surface area contributed by atoms with Crippen LogP contribution in [0.15, 0.2) is 21.1 Å². The maximum atomic E-state index is 12.3. The Kier molecular flexibility index (Phi) is 6.81. The summed E-state index contributed by atoms with van der Waals surface area (Å²) in [6.07, 6.45) is 0.863. The van der Waals surface area contributed by atoms with Crippen molar-refractivity contribution in [3.63, 3.8) is 0 Å². The summed E-state index contributed by atoms with van der Waals surface area (Å²) in [6.45, 7) is 6.37. The van der Waals surface area contributed by atoms with Gasteiger partial charge in [0, 0.05) is 5.92 Å². The van der Waals surface area contributed by atoms with Gasteiger partial charge in [0.25, 0.3) is 5.89 Å². The lowest BCUT2D eigenvalue weighted by Crippen LogP contribution is -2.07. The Balaban J connectivity index is 2.09. The summed E-state index contributed by atoms with van der Waals surface area (Å²) in [5.74, 6) is 1.46. The van der Waals surface area contributed by atoms with E-state index < -0.39 is 5.97 Å². The van der Waals surface area contributed by atoms with Gasteiger partial charge in [-0.05, 0) is 34.5 Å². The van der Waals surface area contributed by atoms with E-state index in [-0.39, 0.29) is 18.4 Å². The van der Waals surface area contributed by atoms with E-state index in [1.165, 1.54) is 7.11 Å². The van der Waals surface area contributed by atoms with Crippen LogP contribution in [-0.2, 0) is 11.3 Å². The van der Waals surface area contributed by atoms with Crippen LogP contribution < -0.4 is 9.47 Å². The smallest absolute Gasteiger partial charge is 0.338 e. The summed E-state index contributed by atoms with van der Waals surface area (Å²) in [7, 11) is 1.52. The molecule has 25 heavy (non-hydrogen) atoms. The number of esters is 1. The Bertz CT molecular complexity index is 730. The summed E-state index contributed by atoms with van der Waals surface area (Å²) >= 11 is 3.40. The summed E-state index contributed by atoms with van der Waals surface area (Å²) < 4.78 is 21.8. The zero-order chi connectivity index (χ0) is 18.4. The average Bonchev–Trinajstić information content (AvgIpc) is 3.07. The molecule has 1 heterocycles. The van der Waals surface area contributed by atoms with Crippen molar-refractivity contribution >= 4 is 21.9 Å². The third-order valence-corrected chi connectivity index (χ3v) is 3.83. The van der Waals surface area contributed by atoms with Crippen LogP contribution in [0.4, 0.5) is 0 Å². The molecule has 2 aromatic rings. The van der Waals surface area contributed by atoms with Crippen LogP contribution in [0.5, 0.6) is 11.5 Å². The Morgan fingerprint density at radius 3 is 2.72 bits per heavy atom. The van der Waals surface area contributed by atoms with Gasteiger partial charge < -0.3 is 18.7 Å². The van der Waals surface area contributed by atoms with Crippen LogP contribution in [0.25, 0.3) is 0 Å². The van der Waals surface area contributed by atoms with Crippen LogP contribution in [0.2, 0.25) is 0 Å². The Morgan fingerprint density at radius 1 is 1.36 bits per heavy atom. The molecule has 0 amide bonds. The number of ether oxygens (including phenoxy) is 3. The minimum atomic E-state index is -0.523. The number of aromatic nitrogens is 2. The highest BCUT2D eigenvalue weighted by Gasteiger charge is 2.18. The van der Waals surface area contributed by atoms with E-state index in [0.29, 0.717) is 34.0 Å². The number of nitrogens with zero attached hydrogens (tertiary/aromatic N) is 2. The number of halogens is 1. The van der Waals surface area contributed by atoms with E-state index in [1.807, 2.05) is 20.8 Å². The highest BCUT2D eigenvalue weighted by molar-refractivity contribution is 9.10. The molecule has 7 nitrogen and oxygen atoms in total. The highest BCUT2D eigenvalue weighted by Crippen LogP contribution is 2.37. The number of hydrogen-bond donors (Lipinski definition) is 0. The van der Waals surface area contributed by atoms with E-state index in [4.69, 9.17) is 18.7 Å². The van der Waals surface area contributed by atoms with Crippen molar-refractivity contribution in [1.29, 1.82) is 0 Å². The van der Waals surface area contributed by atoms with Gasteiger partial charge in [-0.25, -0.2) is 4.79 Å². The zero-order valence-electron chi connectivity index (χ0n) is 14.7. The van der Waals surface area contributed by atoms with Gasteiger partial charge in [-0.3, -0.25) is 0 Å². The van der Waals surface area contributed by atoms with Crippen molar-refractivity contribution in [2.24, 2.45) is 0 Å². The summed E-state index contributed by atoms with van der Waals surface area (Å²) in [6, 6.07) is 3.20. The molecule has 1 aromatic carbocycles. The first-order valence-electron chi connectivity index (χ1n) is 7.96. The summed E-state index contributed by atoms with van der Waals surface area (Å²) in [5, 5.41) is 3.83. The zero-order valence-corrected chi connectivity index (χ0v) is 16.3. The minimum absolute atomic E-state index is 0.0907. The van der Waals surface area contributed by atoms with Crippen molar-refractivity contribution in [3.8, 4) is 11.5 Å². The third kappa shape index (κ3) is 4.94. The van der Waals surface area contributed by atoms with Crippen LogP contribution in [0.3, 0.4) is 0 Å². The summed E-state index contributed by atoms with van der Waals surface area (Å²) in [4.78, 5) is 16.4. The minimum Gasteiger partial charge on any atom is -0.493 e. The second kappa shape index (κ2) is 8.84. The fourth-order valence-corrected chi connectivity index (χ4v) is 2.51. The van der Waals surface area contributed by atoms with E-state index in [0.717, 1.165) is 6.42 Å². The van der Waals surface area contributed by atoms with Crippen LogP contribution in [0, 0.1) is 0 Å². The molecule has 136 valence electrons. The van der Waals surface area contributed by atoms with Crippen molar-refractivity contribution in [2.45, 2.75) is 39.7 Å². The number of carbonyl (C=O) groups is 1. The fraction of sp³-hybridized carbons (Fsp3) is 0.471. The first-order chi connectivity index (χ1) is 12.0. The van der Waals surface area contributed by atoms with E-state index in [9.17, 15) is 4.79 Å². The van der Waals surface area contributed by atoms with Crippen molar-refractivity contribution in [3.05, 3.63) is 33.9 Å². The molecular weight excluding hydrogens is 392 g/mol. The topological polar surface area (TPSA) is 83.7 Å².